The number of rotatable bonds is 4. The van der Waals surface area contributed by atoms with Gasteiger partial charge < -0.3 is 87.4 Å². The van der Waals surface area contributed by atoms with Crippen LogP contribution in [0.1, 0.15) is 34.1 Å². The topological polar surface area (TPSA) is 254 Å². The van der Waals surface area contributed by atoms with Crippen molar-refractivity contribution < 1.29 is 87.4 Å². The van der Waals surface area contributed by atoms with E-state index in [2.05, 4.69) is 6.92 Å². The summed E-state index contributed by atoms with van der Waals surface area (Å²) in [5.74, 6) is 0.879. The van der Waals surface area contributed by atoms with Crippen molar-refractivity contribution >= 4 is 35.6 Å². The zero-order valence-electron chi connectivity index (χ0n) is 35.0. The Hall–Kier alpha value is -0.395. The highest BCUT2D eigenvalue weighted by Gasteiger charge is 2.36. The molecule has 0 amide bonds. The predicted octanol–water partition coefficient (Wildman–Crippen LogP) is -1.17. The van der Waals surface area contributed by atoms with E-state index in [1.165, 1.54) is 0 Å². The fraction of sp³-hybridized carbons (Fsp3) is 1.00. The standard InChI is InChI=1S/C8H17BO3.2C7H15BO4.C6H13BO3.C5H11BO4/c1-3-7-5-11-9(2)12-6-8(7)4-10;1-8-11-4-6(2-9)7(3-10)5-12-8;1-4-6(9)7(10)5(2)12-8(3)11-4;1-5-3-9-7(2)10-4-6(5)8;1-6-9-2-4(7)5(8)3-10-6/h7-8,10H,3-6H2,1-2H3;6-7,9-10H,2-5H2,1H3;4-7,9-10H,1-3H3;5-6,8H,3-4H2,1-2H3;4-5,7-8H,2-3H2,1H3. The van der Waals surface area contributed by atoms with Gasteiger partial charge in [0.1, 0.15) is 24.4 Å². The quantitative estimate of drug-likeness (QED) is 0.156. The van der Waals surface area contributed by atoms with Gasteiger partial charge in [-0.3, -0.25) is 0 Å². The predicted molar refractivity (Wildman–Crippen MR) is 212 cm³/mol. The summed E-state index contributed by atoms with van der Waals surface area (Å²) in [4.78, 5) is 0. The maximum absolute atomic E-state index is 9.46. The fourth-order valence-corrected chi connectivity index (χ4v) is 5.67. The maximum atomic E-state index is 9.46. The van der Waals surface area contributed by atoms with Crippen molar-refractivity contribution in [3.05, 3.63) is 0 Å². The van der Waals surface area contributed by atoms with Crippen molar-refractivity contribution in [1.29, 1.82) is 0 Å². The molecule has 0 aromatic carbocycles. The Bertz CT molecular complexity index is 852. The van der Waals surface area contributed by atoms with Gasteiger partial charge >= 0.3 is 35.6 Å². The van der Waals surface area contributed by atoms with E-state index < -0.39 is 24.4 Å². The molecule has 23 heteroatoms. The normalized spacial score (nSPS) is 35.8. The van der Waals surface area contributed by atoms with Gasteiger partial charge in [-0.25, -0.2) is 0 Å². The first-order chi connectivity index (χ1) is 26.5. The lowest BCUT2D eigenvalue weighted by Gasteiger charge is -2.22. The second-order valence-corrected chi connectivity index (χ2v) is 14.8. The highest BCUT2D eigenvalue weighted by atomic mass is 16.6. The molecule has 0 aliphatic carbocycles. The molecule has 56 heavy (non-hydrogen) atoms. The molecule has 12 atom stereocenters. The second-order valence-electron chi connectivity index (χ2n) is 14.8. The molecular weight excluding hydrogens is 738 g/mol. The van der Waals surface area contributed by atoms with Gasteiger partial charge in [-0.15, -0.1) is 0 Å². The summed E-state index contributed by atoms with van der Waals surface area (Å²) < 4.78 is 51.9. The van der Waals surface area contributed by atoms with Gasteiger partial charge in [-0.1, -0.05) is 20.3 Å². The molecule has 0 aromatic heterocycles. The van der Waals surface area contributed by atoms with Gasteiger partial charge in [0.15, 0.2) is 0 Å². The molecule has 0 spiro atoms. The molecule has 5 aliphatic rings. The van der Waals surface area contributed by atoms with Crippen LogP contribution in [0.5, 0.6) is 0 Å². The van der Waals surface area contributed by atoms with E-state index in [0.717, 1.165) is 6.42 Å². The smallest absolute Gasteiger partial charge is 0.411 e. The van der Waals surface area contributed by atoms with Crippen molar-refractivity contribution in [2.24, 2.45) is 29.6 Å². The summed E-state index contributed by atoms with van der Waals surface area (Å²) >= 11 is 0. The van der Waals surface area contributed by atoms with Crippen molar-refractivity contribution in [2.75, 3.05) is 72.7 Å². The van der Waals surface area contributed by atoms with E-state index >= 15 is 0 Å². The first-order valence-electron chi connectivity index (χ1n) is 19.9. The Morgan fingerprint density at radius 2 is 0.696 bits per heavy atom. The first-order valence-corrected chi connectivity index (χ1v) is 19.9. The fourth-order valence-electron chi connectivity index (χ4n) is 5.67. The summed E-state index contributed by atoms with van der Waals surface area (Å²) in [5.41, 5.74) is 0. The van der Waals surface area contributed by atoms with Crippen molar-refractivity contribution in [1.82, 2.24) is 0 Å². The van der Waals surface area contributed by atoms with Gasteiger partial charge in [0.05, 0.1) is 38.1 Å². The molecule has 5 rings (SSSR count). The molecule has 12 unspecified atom stereocenters. The number of aliphatic hydroxyl groups excluding tert-OH is 8. The summed E-state index contributed by atoms with van der Waals surface area (Å²) in [6.45, 7) is 20.3. The van der Waals surface area contributed by atoms with Gasteiger partial charge in [-0.2, -0.15) is 0 Å². The number of aliphatic hydroxyl groups is 8. The average molecular weight is 810 g/mol. The Morgan fingerprint density at radius 1 is 0.411 bits per heavy atom. The van der Waals surface area contributed by atoms with Gasteiger partial charge in [0, 0.05) is 76.5 Å². The minimum absolute atomic E-state index is 0.0000463. The minimum atomic E-state index is -0.870. The third kappa shape index (κ3) is 21.2. The zero-order valence-corrected chi connectivity index (χ0v) is 35.0. The highest BCUT2D eigenvalue weighted by Crippen LogP contribution is 2.21. The van der Waals surface area contributed by atoms with Crippen LogP contribution < -0.4 is 0 Å². The van der Waals surface area contributed by atoms with Crippen LogP contribution in [-0.2, 0) is 46.5 Å². The maximum Gasteiger partial charge on any atom is 0.454 e. The Balaban J connectivity index is 0.000000351. The van der Waals surface area contributed by atoms with Crippen LogP contribution >= 0.6 is 0 Å². The molecule has 18 nitrogen and oxygen atoms in total. The average Bonchev–Trinajstić information content (AvgIpc) is 3.64. The third-order valence-corrected chi connectivity index (χ3v) is 10.1. The van der Waals surface area contributed by atoms with Gasteiger partial charge in [-0.05, 0) is 53.9 Å². The molecule has 0 radical (unpaired) electrons. The Morgan fingerprint density at radius 3 is 1.04 bits per heavy atom. The molecule has 5 fully saturated rings. The van der Waals surface area contributed by atoms with Crippen LogP contribution in [0.2, 0.25) is 34.1 Å². The van der Waals surface area contributed by atoms with E-state index in [0.29, 0.717) is 45.6 Å². The molecule has 5 saturated heterocycles. The van der Waals surface area contributed by atoms with Crippen LogP contribution in [-0.4, -0.2) is 192 Å². The number of hydrogen-bond donors (Lipinski definition) is 8. The monoisotopic (exact) mass is 811 g/mol. The summed E-state index contributed by atoms with van der Waals surface area (Å²) in [5, 5.41) is 73.2. The molecule has 5 aliphatic heterocycles. The van der Waals surface area contributed by atoms with Crippen molar-refractivity contribution in [3.8, 4) is 0 Å². The Labute approximate surface area is 335 Å². The van der Waals surface area contributed by atoms with E-state index in [1.807, 2.05) is 27.4 Å². The summed E-state index contributed by atoms with van der Waals surface area (Å²) in [6.07, 6.45) is -3.48. The third-order valence-electron chi connectivity index (χ3n) is 10.1. The van der Waals surface area contributed by atoms with E-state index in [9.17, 15) is 15.3 Å². The van der Waals surface area contributed by atoms with Crippen LogP contribution in [0, 0.1) is 29.6 Å². The lowest BCUT2D eigenvalue weighted by molar-refractivity contribution is -0.0576. The molecule has 5 heterocycles. The molecule has 0 aromatic rings. The molecule has 0 saturated carbocycles. The van der Waals surface area contributed by atoms with Gasteiger partial charge in [0.25, 0.3) is 0 Å². The van der Waals surface area contributed by atoms with E-state index in [-0.39, 0.29) is 111 Å². The Kier molecular flexibility index (Phi) is 28.5. The van der Waals surface area contributed by atoms with E-state index in [4.69, 9.17) is 72.1 Å². The molecule has 0 bridgehead atoms. The van der Waals surface area contributed by atoms with Gasteiger partial charge in [0.2, 0.25) is 0 Å². The largest absolute Gasteiger partial charge is 0.454 e. The van der Waals surface area contributed by atoms with Crippen molar-refractivity contribution in [3.63, 3.8) is 0 Å². The highest BCUT2D eigenvalue weighted by molar-refractivity contribution is 6.43. The van der Waals surface area contributed by atoms with Crippen molar-refractivity contribution in [2.45, 2.75) is 111 Å². The van der Waals surface area contributed by atoms with Crippen LogP contribution in [0.4, 0.5) is 0 Å². The minimum Gasteiger partial charge on any atom is -0.411 e. The SMILES string of the molecule is CB1OC(C)C(O)C(O)C(C)O1.CB1OCC(C)C(O)CO1.CB1OCC(CO)C(CO)CO1.CB1OCC(O)C(O)CO1.CCC1COB(C)OCC1CO. The van der Waals surface area contributed by atoms with E-state index in [1.54, 1.807) is 27.5 Å². The number of hydrogen-bond acceptors (Lipinski definition) is 18. The summed E-state index contributed by atoms with van der Waals surface area (Å²) in [7, 11) is -1.21. The van der Waals surface area contributed by atoms with Crippen LogP contribution in [0.3, 0.4) is 0 Å². The lowest BCUT2D eigenvalue weighted by Crippen LogP contribution is -2.40. The molecule has 8 N–H and O–H groups in total. The second kappa shape index (κ2) is 29.8. The summed E-state index contributed by atoms with van der Waals surface area (Å²) in [6, 6.07) is 0. The van der Waals surface area contributed by atoms with Crippen LogP contribution in [0.25, 0.3) is 0 Å². The van der Waals surface area contributed by atoms with Crippen LogP contribution in [0.15, 0.2) is 0 Å². The lowest BCUT2D eigenvalue weighted by atomic mass is 9.92. The zero-order chi connectivity index (χ0) is 42.4. The first kappa shape index (κ1) is 53.6. The molecular formula is C33H71B5O18. The molecule has 326 valence electrons.